The highest BCUT2D eigenvalue weighted by molar-refractivity contribution is 6.06. The molecule has 292 valence electrons. The number of nitrogens with two attached hydrogens (primary N) is 1. The van der Waals surface area contributed by atoms with Crippen molar-refractivity contribution in [1.29, 1.82) is 0 Å². The molecular weight excluding hydrogens is 697 g/mol. The third kappa shape index (κ3) is 10.3. The molecule has 0 saturated carbocycles. The average Bonchev–Trinajstić information content (AvgIpc) is 3.56. The number of fused-ring (bicyclic) bond motifs is 1. The fourth-order valence-corrected chi connectivity index (χ4v) is 7.00. The van der Waals surface area contributed by atoms with E-state index in [1.54, 1.807) is 12.1 Å². The Bertz CT molecular complexity index is 1990. The highest BCUT2D eigenvalue weighted by Crippen LogP contribution is 2.34. The normalized spacial score (nSPS) is 17.2. The molecule has 3 amide bonds. The first-order chi connectivity index (χ1) is 26.3. The molecule has 2 aromatic carbocycles. The molecule has 6 rings (SSSR count). The molecule has 2 aromatic heterocycles. The van der Waals surface area contributed by atoms with E-state index < -0.39 is 11.7 Å². The second-order valence-electron chi connectivity index (χ2n) is 15.6. The van der Waals surface area contributed by atoms with Crippen LogP contribution in [0.15, 0.2) is 67.0 Å². The van der Waals surface area contributed by atoms with Crippen LogP contribution in [0, 0.1) is 0 Å². The van der Waals surface area contributed by atoms with Crippen LogP contribution in [-0.4, -0.2) is 117 Å². The molecule has 0 unspecified atom stereocenters. The van der Waals surface area contributed by atoms with Gasteiger partial charge in [-0.25, -0.2) is 19.4 Å². The van der Waals surface area contributed by atoms with Crippen molar-refractivity contribution in [3.63, 3.8) is 0 Å². The van der Waals surface area contributed by atoms with Gasteiger partial charge in [0.25, 0.3) is 5.91 Å². The van der Waals surface area contributed by atoms with Gasteiger partial charge in [0.2, 0.25) is 5.91 Å². The third-order valence-electron chi connectivity index (χ3n) is 9.99. The molecule has 0 bridgehead atoms. The number of rotatable bonds is 11. The van der Waals surface area contributed by atoms with E-state index in [-0.39, 0.29) is 17.9 Å². The number of nitrogens with zero attached hydrogens (tertiary/aromatic N) is 7. The van der Waals surface area contributed by atoms with Gasteiger partial charge in [0.15, 0.2) is 5.65 Å². The second-order valence-corrected chi connectivity index (χ2v) is 15.6. The zero-order valence-corrected chi connectivity index (χ0v) is 32.6. The van der Waals surface area contributed by atoms with E-state index in [9.17, 15) is 14.4 Å². The van der Waals surface area contributed by atoms with E-state index in [1.165, 1.54) is 11.9 Å². The summed E-state index contributed by atoms with van der Waals surface area (Å²) in [7, 11) is 0. The van der Waals surface area contributed by atoms with Gasteiger partial charge >= 0.3 is 6.09 Å². The maximum absolute atomic E-state index is 13.4. The number of carbonyl (C=O) groups is 3. The molecule has 4 N–H and O–H groups in total. The van der Waals surface area contributed by atoms with Gasteiger partial charge < -0.3 is 26.0 Å². The number of aromatic nitrogens is 4. The number of hydrogen-bond acceptors (Lipinski definition) is 10. The number of piperidine rings is 1. The molecule has 0 radical (unpaired) electrons. The number of likely N-dealkylation sites (tertiary alicyclic amines) is 1. The quantitative estimate of drug-likeness (QED) is 0.171. The van der Waals surface area contributed by atoms with Crippen LogP contribution in [0.3, 0.4) is 0 Å². The summed E-state index contributed by atoms with van der Waals surface area (Å²) in [6, 6.07) is 15.1. The minimum Gasteiger partial charge on any atom is -0.444 e. The Morgan fingerprint density at radius 2 is 1.75 bits per heavy atom. The van der Waals surface area contributed by atoms with Crippen LogP contribution >= 0.6 is 0 Å². The number of ether oxygens (including phenoxy) is 1. The molecule has 14 heteroatoms. The summed E-state index contributed by atoms with van der Waals surface area (Å²) in [6.07, 6.45) is 6.31. The van der Waals surface area contributed by atoms with Crippen molar-refractivity contribution in [3.05, 3.63) is 78.1 Å². The predicted octanol–water partition coefficient (Wildman–Crippen LogP) is 5.31. The zero-order valence-electron chi connectivity index (χ0n) is 32.6. The molecule has 0 aliphatic carbocycles. The molecule has 4 aromatic rings. The monoisotopic (exact) mass is 750 g/mol. The number of carbonyl (C=O) groups excluding carboxylic acids is 3. The summed E-state index contributed by atoms with van der Waals surface area (Å²) in [5, 5.41) is 11.5. The van der Waals surface area contributed by atoms with Crippen LogP contribution < -0.4 is 16.4 Å². The highest BCUT2D eigenvalue weighted by atomic mass is 16.6. The maximum atomic E-state index is 13.4. The third-order valence-corrected chi connectivity index (χ3v) is 9.99. The number of nitrogens with one attached hydrogen (secondary N) is 2. The van der Waals surface area contributed by atoms with E-state index in [2.05, 4.69) is 44.2 Å². The number of hydrogen-bond donors (Lipinski definition) is 3. The van der Waals surface area contributed by atoms with Crippen LogP contribution in [0.1, 0.15) is 75.3 Å². The van der Waals surface area contributed by atoms with Crippen molar-refractivity contribution in [1.82, 2.24) is 39.8 Å². The number of benzene rings is 2. The van der Waals surface area contributed by atoms with Gasteiger partial charge in [0, 0.05) is 81.8 Å². The van der Waals surface area contributed by atoms with Crippen molar-refractivity contribution < 1.29 is 19.1 Å². The predicted molar refractivity (Wildman–Crippen MR) is 215 cm³/mol. The van der Waals surface area contributed by atoms with Gasteiger partial charge in [-0.2, -0.15) is 5.10 Å². The molecular formula is C41H54N10O4. The average molecular weight is 751 g/mol. The Morgan fingerprint density at radius 3 is 2.47 bits per heavy atom. The first kappa shape index (κ1) is 39.4. The van der Waals surface area contributed by atoms with E-state index in [4.69, 9.17) is 15.6 Å². The number of nitrogen functional groups attached to an aromatic ring is 1. The zero-order chi connectivity index (χ0) is 39.1. The van der Waals surface area contributed by atoms with Gasteiger partial charge in [-0.1, -0.05) is 44.2 Å². The summed E-state index contributed by atoms with van der Waals surface area (Å²) in [4.78, 5) is 54.0. The molecule has 4 heterocycles. The van der Waals surface area contributed by atoms with Crippen molar-refractivity contribution >= 4 is 40.4 Å². The van der Waals surface area contributed by atoms with E-state index in [0.717, 1.165) is 56.8 Å². The molecule has 55 heavy (non-hydrogen) atoms. The Kier molecular flexibility index (Phi) is 12.5. The number of amides is 3. The van der Waals surface area contributed by atoms with Crippen molar-refractivity contribution in [2.75, 3.05) is 70.0 Å². The molecule has 2 aliphatic heterocycles. The summed E-state index contributed by atoms with van der Waals surface area (Å²) < 4.78 is 7.18. The minimum absolute atomic E-state index is 0.0278. The SMILES string of the molecule is CC(C)c1ccc(NC(=O)c2cccc(-c3nn([C@@H]4CCCN(C(=O)/C=C/CN5CCN(CCNC(=O)OC(C)(C)C)CC5)C4)c4ncnc(N)c34)c2)cc1. The second kappa shape index (κ2) is 17.4. The lowest BCUT2D eigenvalue weighted by molar-refractivity contribution is -0.127. The summed E-state index contributed by atoms with van der Waals surface area (Å²) in [5.74, 6) is 0.449. The lowest BCUT2D eigenvalue weighted by Crippen LogP contribution is -2.48. The van der Waals surface area contributed by atoms with Crippen molar-refractivity contribution in [3.8, 4) is 11.3 Å². The van der Waals surface area contributed by atoms with Crippen molar-refractivity contribution in [2.24, 2.45) is 0 Å². The molecule has 0 spiro atoms. The first-order valence-electron chi connectivity index (χ1n) is 19.2. The summed E-state index contributed by atoms with van der Waals surface area (Å²) in [5.41, 5.74) is 10.2. The van der Waals surface area contributed by atoms with Crippen LogP contribution in [0.25, 0.3) is 22.3 Å². The largest absolute Gasteiger partial charge is 0.444 e. The molecule has 2 aliphatic rings. The fourth-order valence-electron chi connectivity index (χ4n) is 7.00. The Morgan fingerprint density at radius 1 is 1.00 bits per heavy atom. The Hall–Kier alpha value is -5.34. The molecule has 2 fully saturated rings. The number of alkyl carbamates (subject to hydrolysis) is 1. The Balaban J connectivity index is 1.06. The molecule has 14 nitrogen and oxygen atoms in total. The van der Waals surface area contributed by atoms with Gasteiger partial charge in [0.05, 0.1) is 11.4 Å². The molecule has 2 saturated heterocycles. The van der Waals surface area contributed by atoms with Crippen LogP contribution in [0.2, 0.25) is 0 Å². The van der Waals surface area contributed by atoms with Crippen LogP contribution in [-0.2, 0) is 9.53 Å². The topological polar surface area (TPSA) is 164 Å². The standard InChI is InChI=1S/C41H54N10O4/c1-28(2)29-13-15-32(16-14-29)46-39(53)31-10-6-9-30(25-31)36-35-37(42)44-27-45-38(35)51(47-36)33-11-7-19-50(26-33)34(52)12-8-18-48-21-23-49(24-22-48)20-17-43-40(54)55-41(3,4)5/h6,8-10,12-16,25,27-28,33H,7,11,17-24,26H2,1-5H3,(H,43,54)(H,46,53)(H2,42,44,45)/b12-8+/t33-/m1/s1. The van der Waals surface area contributed by atoms with E-state index in [0.29, 0.717) is 60.2 Å². The lowest BCUT2D eigenvalue weighted by atomic mass is 10.0. The van der Waals surface area contributed by atoms with Crippen molar-refractivity contribution in [2.45, 2.75) is 65.0 Å². The number of anilines is 2. The van der Waals surface area contributed by atoms with Gasteiger partial charge in [-0.3, -0.25) is 19.4 Å². The van der Waals surface area contributed by atoms with Crippen LogP contribution in [0.5, 0.6) is 0 Å². The first-order valence-corrected chi connectivity index (χ1v) is 19.2. The summed E-state index contributed by atoms with van der Waals surface area (Å²) in [6.45, 7) is 16.5. The Labute approximate surface area is 323 Å². The fraction of sp³-hybridized carbons (Fsp3) is 0.463. The number of piperazine rings is 1. The summed E-state index contributed by atoms with van der Waals surface area (Å²) >= 11 is 0. The smallest absolute Gasteiger partial charge is 0.407 e. The van der Waals surface area contributed by atoms with Gasteiger partial charge in [-0.05, 0) is 69.4 Å². The lowest BCUT2D eigenvalue weighted by Gasteiger charge is -2.34. The molecule has 1 atom stereocenters. The van der Waals surface area contributed by atoms with E-state index >= 15 is 0 Å². The van der Waals surface area contributed by atoms with Gasteiger partial charge in [-0.15, -0.1) is 0 Å². The van der Waals surface area contributed by atoms with Crippen LogP contribution in [0.4, 0.5) is 16.3 Å². The highest BCUT2D eigenvalue weighted by Gasteiger charge is 2.28. The maximum Gasteiger partial charge on any atom is 0.407 e. The van der Waals surface area contributed by atoms with Gasteiger partial charge in [0.1, 0.15) is 23.4 Å². The van der Waals surface area contributed by atoms with E-state index in [1.807, 2.05) is 78.9 Å². The minimum atomic E-state index is -0.512.